The third-order valence-electron chi connectivity index (χ3n) is 3.82. The zero-order valence-electron chi connectivity index (χ0n) is 14.6. The maximum Gasteiger partial charge on any atom is 0.416 e. The summed E-state index contributed by atoms with van der Waals surface area (Å²) in [6, 6.07) is 20.0. The second kappa shape index (κ2) is 8.80. The Morgan fingerprint density at radius 3 is 2.36 bits per heavy atom. The van der Waals surface area contributed by atoms with Crippen molar-refractivity contribution in [3.63, 3.8) is 0 Å². The fourth-order valence-corrected chi connectivity index (χ4v) is 2.51. The molecule has 0 bridgehead atoms. The van der Waals surface area contributed by atoms with Crippen LogP contribution in [0.1, 0.15) is 16.7 Å². The van der Waals surface area contributed by atoms with E-state index in [2.05, 4.69) is 10.5 Å². The highest BCUT2D eigenvalue weighted by atomic mass is 35.5. The summed E-state index contributed by atoms with van der Waals surface area (Å²) in [5.74, 6) is 0.704. The molecule has 3 rings (SSSR count). The normalized spacial score (nSPS) is 11.6. The van der Waals surface area contributed by atoms with Crippen molar-refractivity contribution in [3.8, 4) is 5.75 Å². The quantitative estimate of drug-likeness (QED) is 0.382. The van der Waals surface area contributed by atoms with Gasteiger partial charge >= 0.3 is 6.18 Å². The highest BCUT2D eigenvalue weighted by Gasteiger charge is 2.30. The van der Waals surface area contributed by atoms with Crippen LogP contribution in [0.25, 0.3) is 0 Å². The maximum absolute atomic E-state index is 12.8. The molecule has 0 saturated heterocycles. The van der Waals surface area contributed by atoms with Crippen molar-refractivity contribution in [2.45, 2.75) is 12.8 Å². The first-order valence-corrected chi connectivity index (χ1v) is 8.72. The molecule has 1 N–H and O–H groups in total. The molecule has 0 aliphatic rings. The molecule has 0 fully saturated rings. The predicted molar refractivity (Wildman–Crippen MR) is 105 cm³/mol. The van der Waals surface area contributed by atoms with Crippen LogP contribution < -0.4 is 10.2 Å². The van der Waals surface area contributed by atoms with Crippen LogP contribution in [-0.4, -0.2) is 6.21 Å². The van der Waals surface area contributed by atoms with Gasteiger partial charge in [0.15, 0.2) is 0 Å². The number of ether oxygens (including phenoxy) is 1. The Balaban J connectivity index is 1.59. The fourth-order valence-electron chi connectivity index (χ4n) is 2.35. The number of rotatable bonds is 6. The minimum atomic E-state index is -4.44. The Kier molecular flexibility index (Phi) is 6.21. The van der Waals surface area contributed by atoms with Crippen LogP contribution >= 0.6 is 11.6 Å². The molecule has 0 aliphatic heterocycles. The van der Waals surface area contributed by atoms with Crippen molar-refractivity contribution >= 4 is 23.5 Å². The van der Waals surface area contributed by atoms with Gasteiger partial charge in [0.05, 0.1) is 22.5 Å². The van der Waals surface area contributed by atoms with E-state index in [-0.39, 0.29) is 10.7 Å². The summed E-state index contributed by atoms with van der Waals surface area (Å²) in [4.78, 5) is 0. The van der Waals surface area contributed by atoms with Gasteiger partial charge in [-0.05, 0) is 53.6 Å². The van der Waals surface area contributed by atoms with E-state index in [1.54, 1.807) is 24.3 Å². The zero-order valence-corrected chi connectivity index (χ0v) is 15.3. The molecule has 7 heteroatoms. The summed E-state index contributed by atoms with van der Waals surface area (Å²) in [5.41, 5.74) is 3.64. The molecule has 144 valence electrons. The van der Waals surface area contributed by atoms with Crippen molar-refractivity contribution in [3.05, 3.63) is 94.5 Å². The number of halogens is 4. The molecule has 0 heterocycles. The minimum Gasteiger partial charge on any atom is -0.489 e. The SMILES string of the molecule is FC(F)(F)c1ccc(Cl)c(NN=Cc2ccc(OCc3ccccc3)cc2)c1. The van der Waals surface area contributed by atoms with E-state index in [4.69, 9.17) is 16.3 Å². The second-order valence-electron chi connectivity index (χ2n) is 5.91. The topological polar surface area (TPSA) is 33.6 Å². The van der Waals surface area contributed by atoms with E-state index in [1.807, 2.05) is 30.3 Å². The van der Waals surface area contributed by atoms with Crippen LogP contribution in [0.2, 0.25) is 5.02 Å². The van der Waals surface area contributed by atoms with E-state index in [9.17, 15) is 13.2 Å². The number of benzene rings is 3. The van der Waals surface area contributed by atoms with E-state index < -0.39 is 11.7 Å². The number of alkyl halides is 3. The third-order valence-corrected chi connectivity index (χ3v) is 4.15. The van der Waals surface area contributed by atoms with Crippen LogP contribution in [0.15, 0.2) is 77.9 Å². The minimum absolute atomic E-state index is 0.0792. The molecule has 3 aromatic rings. The zero-order chi connectivity index (χ0) is 20.0. The molecule has 0 atom stereocenters. The van der Waals surface area contributed by atoms with Gasteiger partial charge in [0, 0.05) is 0 Å². The summed E-state index contributed by atoms with van der Waals surface area (Å²) in [5, 5.41) is 4.10. The lowest BCUT2D eigenvalue weighted by molar-refractivity contribution is -0.137. The molecule has 28 heavy (non-hydrogen) atoms. The third kappa shape index (κ3) is 5.50. The van der Waals surface area contributed by atoms with E-state index in [0.29, 0.717) is 12.4 Å². The number of nitrogens with zero attached hydrogens (tertiary/aromatic N) is 1. The van der Waals surface area contributed by atoms with Crippen molar-refractivity contribution in [1.29, 1.82) is 0 Å². The summed E-state index contributed by atoms with van der Waals surface area (Å²) in [6.07, 6.45) is -2.96. The first-order chi connectivity index (χ1) is 13.4. The van der Waals surface area contributed by atoms with Crippen LogP contribution in [0, 0.1) is 0 Å². The molecule has 0 unspecified atom stereocenters. The molecule has 3 aromatic carbocycles. The van der Waals surface area contributed by atoms with Gasteiger partial charge in [0.25, 0.3) is 0 Å². The lowest BCUT2D eigenvalue weighted by Crippen LogP contribution is -2.05. The Morgan fingerprint density at radius 2 is 1.68 bits per heavy atom. The number of nitrogens with one attached hydrogen (secondary N) is 1. The summed E-state index contributed by atoms with van der Waals surface area (Å²) < 4.78 is 44.0. The molecule has 3 nitrogen and oxygen atoms in total. The van der Waals surface area contributed by atoms with Gasteiger partial charge in [-0.3, -0.25) is 5.43 Å². The summed E-state index contributed by atoms with van der Waals surface area (Å²) in [6.45, 7) is 0.462. The van der Waals surface area contributed by atoms with E-state index in [1.165, 1.54) is 12.3 Å². The van der Waals surface area contributed by atoms with Crippen LogP contribution in [0.3, 0.4) is 0 Å². The lowest BCUT2D eigenvalue weighted by atomic mass is 10.2. The Bertz CT molecular complexity index is 942. The Morgan fingerprint density at radius 1 is 0.964 bits per heavy atom. The summed E-state index contributed by atoms with van der Waals surface area (Å²) >= 11 is 5.91. The molecule has 0 amide bonds. The van der Waals surface area contributed by atoms with Gasteiger partial charge in [0.1, 0.15) is 12.4 Å². The monoisotopic (exact) mass is 404 g/mol. The Labute approximate surface area is 165 Å². The number of hydrogen-bond acceptors (Lipinski definition) is 3. The lowest BCUT2D eigenvalue weighted by Gasteiger charge is -2.09. The molecular formula is C21H16ClF3N2O. The number of anilines is 1. The van der Waals surface area contributed by atoms with Gasteiger partial charge < -0.3 is 4.74 Å². The number of hydrogen-bond donors (Lipinski definition) is 1. The first-order valence-electron chi connectivity index (χ1n) is 8.34. The average molecular weight is 405 g/mol. The highest BCUT2D eigenvalue weighted by Crippen LogP contribution is 2.33. The molecule has 0 spiro atoms. The van der Waals surface area contributed by atoms with Crippen molar-refractivity contribution in [2.24, 2.45) is 5.10 Å². The van der Waals surface area contributed by atoms with Crippen LogP contribution in [0.4, 0.5) is 18.9 Å². The van der Waals surface area contributed by atoms with Crippen LogP contribution in [0.5, 0.6) is 5.75 Å². The fraction of sp³-hybridized carbons (Fsp3) is 0.0952. The largest absolute Gasteiger partial charge is 0.489 e. The first kappa shape index (κ1) is 19.8. The van der Waals surface area contributed by atoms with E-state index in [0.717, 1.165) is 23.3 Å². The van der Waals surface area contributed by atoms with Crippen molar-refractivity contribution in [2.75, 3.05) is 5.43 Å². The molecule has 0 radical (unpaired) electrons. The second-order valence-corrected chi connectivity index (χ2v) is 6.31. The van der Waals surface area contributed by atoms with Gasteiger partial charge in [0.2, 0.25) is 0 Å². The maximum atomic E-state index is 12.8. The van der Waals surface area contributed by atoms with Gasteiger partial charge in [-0.1, -0.05) is 41.9 Å². The van der Waals surface area contributed by atoms with Crippen molar-refractivity contribution < 1.29 is 17.9 Å². The standard InChI is InChI=1S/C21H16ClF3N2O/c22-19-11-8-17(21(23,24)25)12-20(19)27-26-13-15-6-9-18(10-7-15)28-14-16-4-2-1-3-5-16/h1-13,27H,14H2. The number of hydrazone groups is 1. The molecular weight excluding hydrogens is 389 g/mol. The van der Waals surface area contributed by atoms with E-state index >= 15 is 0 Å². The Hall–Kier alpha value is -2.99. The van der Waals surface area contributed by atoms with Gasteiger partial charge in [-0.25, -0.2) is 0 Å². The smallest absolute Gasteiger partial charge is 0.416 e. The average Bonchev–Trinajstić information content (AvgIpc) is 2.69. The molecule has 0 saturated carbocycles. The summed E-state index contributed by atoms with van der Waals surface area (Å²) in [7, 11) is 0. The molecule has 0 aromatic heterocycles. The van der Waals surface area contributed by atoms with Crippen LogP contribution in [-0.2, 0) is 12.8 Å². The van der Waals surface area contributed by atoms with Gasteiger partial charge in [-0.2, -0.15) is 18.3 Å². The van der Waals surface area contributed by atoms with Gasteiger partial charge in [-0.15, -0.1) is 0 Å². The van der Waals surface area contributed by atoms with Crippen molar-refractivity contribution in [1.82, 2.24) is 0 Å². The highest BCUT2D eigenvalue weighted by molar-refractivity contribution is 6.33. The molecule has 0 aliphatic carbocycles. The predicted octanol–water partition coefficient (Wildman–Crippen LogP) is 6.38.